The molecule has 0 unspecified atom stereocenters. The predicted octanol–water partition coefficient (Wildman–Crippen LogP) is 1.89. The number of aromatic nitrogens is 2. The van der Waals surface area contributed by atoms with Gasteiger partial charge < -0.3 is 14.0 Å². The van der Waals surface area contributed by atoms with Crippen LogP contribution in [0.4, 0.5) is 0 Å². The van der Waals surface area contributed by atoms with Gasteiger partial charge in [-0.2, -0.15) is 4.98 Å². The third kappa shape index (κ3) is 2.20. The second-order valence-electron chi connectivity index (χ2n) is 3.17. The molecule has 0 aliphatic rings. The number of hydrogen-bond donors (Lipinski definition) is 0. The van der Waals surface area contributed by atoms with E-state index in [4.69, 9.17) is 14.0 Å². The molecule has 2 aromatic rings. The van der Waals surface area contributed by atoms with E-state index in [2.05, 4.69) is 10.1 Å². The minimum absolute atomic E-state index is 0.323. The lowest BCUT2D eigenvalue weighted by atomic mass is 10.2. The molecule has 0 aliphatic heterocycles. The Balaban J connectivity index is 2.21. The summed E-state index contributed by atoms with van der Waals surface area (Å²) in [5.74, 6) is 1.81. The zero-order valence-corrected chi connectivity index (χ0v) is 9.14. The molecule has 0 atom stereocenters. The second kappa shape index (κ2) is 4.76. The summed E-state index contributed by atoms with van der Waals surface area (Å²) in [4.78, 5) is 4.18. The first-order valence-corrected chi connectivity index (χ1v) is 4.79. The Kier molecular flexibility index (Phi) is 3.16. The van der Waals surface area contributed by atoms with Gasteiger partial charge in [0.05, 0.1) is 7.11 Å². The molecule has 0 amide bonds. The fourth-order valence-corrected chi connectivity index (χ4v) is 1.29. The molecular weight excluding hydrogens is 208 g/mol. The van der Waals surface area contributed by atoms with Crippen molar-refractivity contribution in [3.8, 4) is 17.1 Å². The van der Waals surface area contributed by atoms with E-state index < -0.39 is 0 Å². The first kappa shape index (κ1) is 10.6. The Hall–Kier alpha value is -1.88. The molecule has 0 spiro atoms. The van der Waals surface area contributed by atoms with Crippen LogP contribution in [0.5, 0.6) is 5.75 Å². The van der Waals surface area contributed by atoms with Crippen LogP contribution < -0.4 is 4.74 Å². The summed E-state index contributed by atoms with van der Waals surface area (Å²) in [6.45, 7) is 0.323. The van der Waals surface area contributed by atoms with Gasteiger partial charge in [0, 0.05) is 12.7 Å². The van der Waals surface area contributed by atoms with Gasteiger partial charge in [-0.15, -0.1) is 0 Å². The van der Waals surface area contributed by atoms with Gasteiger partial charge in [-0.3, -0.25) is 0 Å². The van der Waals surface area contributed by atoms with Gasteiger partial charge in [0.2, 0.25) is 5.82 Å². The summed E-state index contributed by atoms with van der Waals surface area (Å²) in [5.41, 5.74) is 0.881. The summed E-state index contributed by atoms with van der Waals surface area (Å²) < 4.78 is 15.0. The van der Waals surface area contributed by atoms with Crippen LogP contribution >= 0.6 is 0 Å². The molecule has 5 nitrogen and oxygen atoms in total. The maximum atomic E-state index is 5.06. The van der Waals surface area contributed by atoms with E-state index in [-0.39, 0.29) is 0 Å². The Morgan fingerprint density at radius 2 is 1.94 bits per heavy atom. The number of methoxy groups -OCH3 is 2. The molecule has 16 heavy (non-hydrogen) atoms. The molecule has 84 valence electrons. The van der Waals surface area contributed by atoms with Gasteiger partial charge in [-0.1, -0.05) is 5.16 Å². The third-order valence-electron chi connectivity index (χ3n) is 2.08. The van der Waals surface area contributed by atoms with Crippen molar-refractivity contribution >= 4 is 0 Å². The topological polar surface area (TPSA) is 57.4 Å². The first-order chi connectivity index (χ1) is 7.83. The van der Waals surface area contributed by atoms with E-state index in [1.54, 1.807) is 14.2 Å². The largest absolute Gasteiger partial charge is 0.497 e. The average molecular weight is 220 g/mol. The van der Waals surface area contributed by atoms with Crippen LogP contribution in [0.15, 0.2) is 28.8 Å². The Bertz CT molecular complexity index is 451. The monoisotopic (exact) mass is 220 g/mol. The highest BCUT2D eigenvalue weighted by Crippen LogP contribution is 2.19. The van der Waals surface area contributed by atoms with Gasteiger partial charge in [0.25, 0.3) is 5.89 Å². The Labute approximate surface area is 93.0 Å². The van der Waals surface area contributed by atoms with Crippen molar-refractivity contribution in [2.24, 2.45) is 0 Å². The zero-order valence-electron chi connectivity index (χ0n) is 9.14. The summed E-state index contributed by atoms with van der Waals surface area (Å²) in [7, 11) is 3.21. The summed E-state index contributed by atoms with van der Waals surface area (Å²) in [6.07, 6.45) is 0. The van der Waals surface area contributed by atoms with E-state index in [9.17, 15) is 0 Å². The maximum absolute atomic E-state index is 5.06. The van der Waals surface area contributed by atoms with Crippen LogP contribution in [-0.4, -0.2) is 24.4 Å². The highest BCUT2D eigenvalue weighted by atomic mass is 16.5. The lowest BCUT2D eigenvalue weighted by Crippen LogP contribution is -1.87. The summed E-state index contributed by atoms with van der Waals surface area (Å²) >= 11 is 0. The molecule has 0 radical (unpaired) electrons. The minimum Gasteiger partial charge on any atom is -0.497 e. The highest BCUT2D eigenvalue weighted by Gasteiger charge is 2.07. The van der Waals surface area contributed by atoms with Crippen LogP contribution in [0, 0.1) is 0 Å². The lowest BCUT2D eigenvalue weighted by molar-refractivity contribution is 0.151. The van der Waals surface area contributed by atoms with Crippen molar-refractivity contribution in [3.63, 3.8) is 0 Å². The van der Waals surface area contributed by atoms with E-state index in [0.717, 1.165) is 11.3 Å². The third-order valence-corrected chi connectivity index (χ3v) is 2.08. The number of nitrogens with zero attached hydrogens (tertiary/aromatic N) is 2. The van der Waals surface area contributed by atoms with Gasteiger partial charge >= 0.3 is 0 Å². The van der Waals surface area contributed by atoms with E-state index in [1.807, 2.05) is 24.3 Å². The van der Waals surface area contributed by atoms with Crippen molar-refractivity contribution in [2.75, 3.05) is 14.2 Å². The molecule has 2 rings (SSSR count). The van der Waals surface area contributed by atoms with Crippen LogP contribution in [0.2, 0.25) is 0 Å². The van der Waals surface area contributed by atoms with Crippen molar-refractivity contribution in [2.45, 2.75) is 6.61 Å². The minimum atomic E-state index is 0.323. The Morgan fingerprint density at radius 3 is 2.56 bits per heavy atom. The van der Waals surface area contributed by atoms with Crippen molar-refractivity contribution < 1.29 is 14.0 Å². The van der Waals surface area contributed by atoms with Crippen LogP contribution in [-0.2, 0) is 11.3 Å². The second-order valence-corrected chi connectivity index (χ2v) is 3.17. The molecule has 0 saturated carbocycles. The molecule has 0 saturated heterocycles. The fraction of sp³-hybridized carbons (Fsp3) is 0.273. The molecule has 1 heterocycles. The van der Waals surface area contributed by atoms with Crippen LogP contribution in [0.1, 0.15) is 5.89 Å². The van der Waals surface area contributed by atoms with E-state index in [0.29, 0.717) is 18.3 Å². The number of benzene rings is 1. The maximum Gasteiger partial charge on any atom is 0.252 e. The SMILES string of the molecule is COCc1nc(-c2ccc(OC)cc2)no1. The molecule has 1 aromatic carbocycles. The van der Waals surface area contributed by atoms with E-state index in [1.165, 1.54) is 0 Å². The molecule has 0 bridgehead atoms. The number of ether oxygens (including phenoxy) is 2. The van der Waals surface area contributed by atoms with Gasteiger partial charge in [0.1, 0.15) is 12.4 Å². The van der Waals surface area contributed by atoms with E-state index >= 15 is 0 Å². The number of hydrogen-bond acceptors (Lipinski definition) is 5. The smallest absolute Gasteiger partial charge is 0.252 e. The normalized spacial score (nSPS) is 10.4. The van der Waals surface area contributed by atoms with Gasteiger partial charge in [-0.05, 0) is 24.3 Å². The van der Waals surface area contributed by atoms with Crippen molar-refractivity contribution in [1.29, 1.82) is 0 Å². The molecular formula is C11H12N2O3. The quantitative estimate of drug-likeness (QED) is 0.787. The molecule has 0 aliphatic carbocycles. The van der Waals surface area contributed by atoms with Crippen LogP contribution in [0.3, 0.4) is 0 Å². The summed E-state index contributed by atoms with van der Waals surface area (Å²) in [6, 6.07) is 7.45. The fourth-order valence-electron chi connectivity index (χ4n) is 1.29. The molecule has 0 fully saturated rings. The molecule has 1 aromatic heterocycles. The van der Waals surface area contributed by atoms with Gasteiger partial charge in [0.15, 0.2) is 0 Å². The first-order valence-electron chi connectivity index (χ1n) is 4.79. The molecule has 5 heteroatoms. The van der Waals surface area contributed by atoms with Crippen LogP contribution in [0.25, 0.3) is 11.4 Å². The standard InChI is InChI=1S/C11H12N2O3/c1-14-7-10-12-11(13-16-10)8-3-5-9(15-2)6-4-8/h3-6H,7H2,1-2H3. The highest BCUT2D eigenvalue weighted by molar-refractivity contribution is 5.55. The van der Waals surface area contributed by atoms with Crippen molar-refractivity contribution in [1.82, 2.24) is 10.1 Å². The predicted molar refractivity (Wildman–Crippen MR) is 57.0 cm³/mol. The average Bonchev–Trinajstić information content (AvgIpc) is 2.78. The Morgan fingerprint density at radius 1 is 1.19 bits per heavy atom. The lowest BCUT2D eigenvalue weighted by Gasteiger charge is -1.98. The van der Waals surface area contributed by atoms with Gasteiger partial charge in [-0.25, -0.2) is 0 Å². The number of rotatable bonds is 4. The van der Waals surface area contributed by atoms with Crippen molar-refractivity contribution in [3.05, 3.63) is 30.2 Å². The summed E-state index contributed by atoms with van der Waals surface area (Å²) in [5, 5.41) is 3.85. The zero-order chi connectivity index (χ0) is 11.4. The molecule has 0 N–H and O–H groups in total.